The minimum absolute atomic E-state index is 0.0708. The molecule has 208 valence electrons. The number of nitrogens with one attached hydrogen (secondary N) is 2. The molecule has 0 radical (unpaired) electrons. The number of benzene rings is 4. The van der Waals surface area contributed by atoms with Crippen molar-refractivity contribution in [1.29, 1.82) is 0 Å². The summed E-state index contributed by atoms with van der Waals surface area (Å²) >= 11 is 0. The van der Waals surface area contributed by atoms with Crippen molar-refractivity contribution in [3.63, 3.8) is 0 Å². The summed E-state index contributed by atoms with van der Waals surface area (Å²) in [5.74, 6) is 0. The van der Waals surface area contributed by atoms with Gasteiger partial charge in [0, 0.05) is 40.8 Å². The molecule has 0 aliphatic heterocycles. The van der Waals surface area contributed by atoms with Gasteiger partial charge in [-0.1, -0.05) is 73.3 Å². The zero-order chi connectivity index (χ0) is 29.0. The summed E-state index contributed by atoms with van der Waals surface area (Å²) in [6, 6.07) is 27.9. The van der Waals surface area contributed by atoms with Crippen LogP contribution in [0, 0.1) is 0 Å². The van der Waals surface area contributed by atoms with Gasteiger partial charge in [-0.3, -0.25) is 0 Å². The van der Waals surface area contributed by atoms with E-state index < -0.39 is 19.7 Å². The smallest absolute Gasteiger partial charge is 0.208 e. The lowest BCUT2D eigenvalue weighted by atomic mass is 10.1. The van der Waals surface area contributed by atoms with Gasteiger partial charge < -0.3 is 15.1 Å². The molecule has 6 aromatic rings. The van der Waals surface area contributed by atoms with Gasteiger partial charge in [0.2, 0.25) is 19.7 Å². The summed E-state index contributed by atoms with van der Waals surface area (Å²) in [6.45, 7) is 3.78. The maximum atomic E-state index is 12.7. The number of aliphatic hydroxyl groups is 1. The minimum Gasteiger partial charge on any atom is -0.396 e. The van der Waals surface area contributed by atoms with Crippen LogP contribution in [-0.2, 0) is 26.1 Å². The van der Waals surface area contributed by atoms with Crippen LogP contribution in [0.4, 0.5) is 0 Å². The Morgan fingerprint density at radius 3 is 1.63 bits per heavy atom. The van der Waals surface area contributed by atoms with E-state index in [1.165, 1.54) is 6.20 Å². The first-order chi connectivity index (χ1) is 19.8. The molecule has 0 spiro atoms. The van der Waals surface area contributed by atoms with Crippen molar-refractivity contribution in [3.05, 3.63) is 127 Å². The highest BCUT2D eigenvalue weighted by atomic mass is 32.2. The van der Waals surface area contributed by atoms with Crippen LogP contribution in [0.25, 0.3) is 27.9 Å². The molecule has 0 saturated heterocycles. The topological polar surface area (TPSA) is 120 Å². The van der Waals surface area contributed by atoms with Crippen LogP contribution < -0.4 is 0 Å². The molecule has 0 unspecified atom stereocenters. The SMILES string of the molecule is C=Cc1ccc2c(S(=O)(=O)c3ccccc3)c[nH]c2c1.O=S(=O)(c1ccccc1)c1c[nH]c2cc(CCO)ccc12. The van der Waals surface area contributed by atoms with E-state index in [1.54, 1.807) is 85.1 Å². The molecule has 6 rings (SSSR count). The number of hydrogen-bond donors (Lipinski definition) is 3. The molecule has 4 aromatic carbocycles. The van der Waals surface area contributed by atoms with Gasteiger partial charge in [-0.15, -0.1) is 0 Å². The van der Waals surface area contributed by atoms with E-state index in [1.807, 2.05) is 24.3 Å². The molecule has 2 aromatic heterocycles. The minimum atomic E-state index is -3.53. The summed E-state index contributed by atoms with van der Waals surface area (Å²) in [6.07, 6.45) is 5.34. The predicted octanol–water partition coefficient (Wildman–Crippen LogP) is 6.18. The quantitative estimate of drug-likeness (QED) is 0.207. The number of fused-ring (bicyclic) bond motifs is 2. The molecule has 0 fully saturated rings. The molecule has 0 amide bonds. The molecular formula is C32H28N2O5S2. The molecule has 3 N–H and O–H groups in total. The Balaban J connectivity index is 0.000000165. The number of aromatic amines is 2. The Bertz CT molecular complexity index is 2050. The third kappa shape index (κ3) is 5.60. The van der Waals surface area contributed by atoms with E-state index in [9.17, 15) is 16.8 Å². The molecule has 9 heteroatoms. The molecule has 0 atom stereocenters. The number of sulfone groups is 2. The lowest BCUT2D eigenvalue weighted by Crippen LogP contribution is -2.00. The normalized spacial score (nSPS) is 11.7. The van der Waals surface area contributed by atoms with Gasteiger partial charge in [0.25, 0.3) is 0 Å². The van der Waals surface area contributed by atoms with E-state index in [0.717, 1.165) is 22.2 Å². The summed E-state index contributed by atoms with van der Waals surface area (Å²) in [4.78, 5) is 7.17. The van der Waals surface area contributed by atoms with Crippen molar-refractivity contribution in [3.8, 4) is 0 Å². The lowest BCUT2D eigenvalue weighted by molar-refractivity contribution is 0.299. The standard InChI is InChI=1S/C16H15NO3S.C16H13NO2S/c18-9-8-12-6-7-14-15(10-12)17-11-16(14)21(19,20)13-4-2-1-3-5-13;1-2-12-8-9-14-15(10-12)17-11-16(14)20(18,19)13-6-4-3-5-7-13/h1-7,10-11,17-18H,8-9H2;2-11,17H,1H2. The monoisotopic (exact) mass is 584 g/mol. The third-order valence-corrected chi connectivity index (χ3v) is 10.3. The number of H-pyrrole nitrogens is 2. The zero-order valence-electron chi connectivity index (χ0n) is 22.0. The lowest BCUT2D eigenvalue weighted by Gasteiger charge is -2.03. The van der Waals surface area contributed by atoms with Crippen LogP contribution >= 0.6 is 0 Å². The molecule has 0 bridgehead atoms. The van der Waals surface area contributed by atoms with E-state index in [4.69, 9.17) is 5.11 Å². The highest BCUT2D eigenvalue weighted by Gasteiger charge is 2.22. The van der Waals surface area contributed by atoms with Crippen molar-refractivity contribution >= 4 is 47.6 Å². The molecule has 41 heavy (non-hydrogen) atoms. The Morgan fingerprint density at radius 2 is 1.15 bits per heavy atom. The average Bonchev–Trinajstić information content (AvgIpc) is 3.63. The first-order valence-corrected chi connectivity index (χ1v) is 15.8. The maximum Gasteiger partial charge on any atom is 0.208 e. The van der Waals surface area contributed by atoms with Gasteiger partial charge in [-0.2, -0.15) is 0 Å². The second kappa shape index (κ2) is 11.6. The van der Waals surface area contributed by atoms with Gasteiger partial charge in [0.15, 0.2) is 0 Å². The van der Waals surface area contributed by atoms with E-state index in [0.29, 0.717) is 27.0 Å². The molecule has 0 aliphatic rings. The van der Waals surface area contributed by atoms with E-state index in [-0.39, 0.29) is 16.4 Å². The summed E-state index contributed by atoms with van der Waals surface area (Å²) < 4.78 is 50.6. The predicted molar refractivity (Wildman–Crippen MR) is 161 cm³/mol. The van der Waals surface area contributed by atoms with E-state index in [2.05, 4.69) is 16.5 Å². The van der Waals surface area contributed by atoms with Crippen molar-refractivity contribution in [2.24, 2.45) is 0 Å². The number of aromatic nitrogens is 2. The van der Waals surface area contributed by atoms with Crippen LogP contribution in [-0.4, -0.2) is 38.5 Å². The van der Waals surface area contributed by atoms with Crippen molar-refractivity contribution < 1.29 is 21.9 Å². The van der Waals surface area contributed by atoms with E-state index >= 15 is 0 Å². The number of aliphatic hydroxyl groups excluding tert-OH is 1. The first-order valence-electron chi connectivity index (χ1n) is 12.8. The largest absolute Gasteiger partial charge is 0.396 e. The Labute approximate surface area is 238 Å². The fraction of sp³-hybridized carbons (Fsp3) is 0.0625. The van der Waals surface area contributed by atoms with Crippen molar-refractivity contribution in [1.82, 2.24) is 9.97 Å². The van der Waals surface area contributed by atoms with Crippen LogP contribution in [0.1, 0.15) is 11.1 Å². The fourth-order valence-electron chi connectivity index (χ4n) is 4.57. The highest BCUT2D eigenvalue weighted by Crippen LogP contribution is 2.30. The van der Waals surface area contributed by atoms with Crippen LogP contribution in [0.3, 0.4) is 0 Å². The van der Waals surface area contributed by atoms with Crippen LogP contribution in [0.15, 0.2) is 136 Å². The van der Waals surface area contributed by atoms with Crippen LogP contribution in [0.5, 0.6) is 0 Å². The van der Waals surface area contributed by atoms with Gasteiger partial charge in [-0.25, -0.2) is 16.8 Å². The third-order valence-electron chi connectivity index (χ3n) is 6.70. The number of hydrogen-bond acceptors (Lipinski definition) is 5. The summed E-state index contributed by atoms with van der Waals surface area (Å²) in [5, 5.41) is 10.3. The molecule has 2 heterocycles. The Hall–Kier alpha value is -4.44. The maximum absolute atomic E-state index is 12.7. The van der Waals surface area contributed by atoms with Crippen molar-refractivity contribution in [2.75, 3.05) is 6.61 Å². The molecule has 0 saturated carbocycles. The molecule has 0 aliphatic carbocycles. The van der Waals surface area contributed by atoms with Gasteiger partial charge in [0.05, 0.1) is 19.6 Å². The summed E-state index contributed by atoms with van der Waals surface area (Å²) in [7, 11) is -7.03. The second-order valence-corrected chi connectivity index (χ2v) is 13.1. The average molecular weight is 585 g/mol. The Morgan fingerprint density at radius 1 is 0.659 bits per heavy atom. The highest BCUT2D eigenvalue weighted by molar-refractivity contribution is 7.92. The summed E-state index contributed by atoms with van der Waals surface area (Å²) in [5.41, 5.74) is 3.46. The van der Waals surface area contributed by atoms with Gasteiger partial charge in [0.1, 0.15) is 0 Å². The van der Waals surface area contributed by atoms with Gasteiger partial charge >= 0.3 is 0 Å². The molecular weight excluding hydrogens is 556 g/mol. The van der Waals surface area contributed by atoms with Crippen molar-refractivity contribution in [2.45, 2.75) is 26.0 Å². The van der Waals surface area contributed by atoms with Gasteiger partial charge in [-0.05, 0) is 53.9 Å². The number of rotatable bonds is 7. The zero-order valence-corrected chi connectivity index (χ0v) is 23.6. The van der Waals surface area contributed by atoms with Crippen LogP contribution in [0.2, 0.25) is 0 Å². The fourth-order valence-corrected chi connectivity index (χ4v) is 7.48. The first kappa shape index (κ1) is 28.1. The second-order valence-electron chi connectivity index (χ2n) is 9.30. The molecule has 7 nitrogen and oxygen atoms in total. The Kier molecular flexibility index (Phi) is 7.94.